The summed E-state index contributed by atoms with van der Waals surface area (Å²) in [6.45, 7) is 3.86. The molecule has 0 unspecified atom stereocenters. The summed E-state index contributed by atoms with van der Waals surface area (Å²) in [6.07, 6.45) is 7.21. The maximum absolute atomic E-state index is 10.5. The number of aliphatic hydroxyl groups is 2. The van der Waals surface area contributed by atoms with E-state index in [4.69, 9.17) is 30.6 Å². The van der Waals surface area contributed by atoms with Gasteiger partial charge in [0.05, 0.1) is 44.3 Å². The molecule has 4 aromatic carbocycles. The summed E-state index contributed by atoms with van der Waals surface area (Å²) in [5.74, 6) is -4.91. The zero-order valence-electron chi connectivity index (χ0n) is 31.7. The van der Waals surface area contributed by atoms with Crippen molar-refractivity contribution in [1.82, 2.24) is 19.9 Å². The Morgan fingerprint density at radius 3 is 0.729 bits per heavy atom. The molecule has 0 bridgehead atoms. The summed E-state index contributed by atoms with van der Waals surface area (Å²) < 4.78 is 0. The van der Waals surface area contributed by atoms with Crippen molar-refractivity contribution in [3.8, 4) is 0 Å². The molecule has 4 heterocycles. The van der Waals surface area contributed by atoms with Gasteiger partial charge in [-0.3, -0.25) is 19.9 Å². The summed E-state index contributed by atoms with van der Waals surface area (Å²) in [4.78, 5) is 59.2. The molecule has 6 N–H and O–H groups in total. The molecule has 0 atom stereocenters. The number of nitrogens with zero attached hydrogens (tertiary/aromatic N) is 4. The zero-order valence-corrected chi connectivity index (χ0v) is 32.6. The third kappa shape index (κ3) is 14.1. The first-order chi connectivity index (χ1) is 28.0. The largest absolute Gasteiger partial charge is 2.00 e. The van der Waals surface area contributed by atoms with Crippen LogP contribution in [0.25, 0.3) is 43.6 Å². The Hall–Kier alpha value is -7.16. The number of rotatable bonds is 4. The number of hydrogen-bond acceptors (Lipinski definition) is 10. The molecule has 15 heteroatoms. The van der Waals surface area contributed by atoms with Gasteiger partial charge in [0.15, 0.2) is 0 Å². The van der Waals surface area contributed by atoms with Crippen LogP contribution in [0.3, 0.4) is 0 Å². The molecule has 14 nitrogen and oxygen atoms in total. The van der Waals surface area contributed by atoms with E-state index in [9.17, 15) is 19.2 Å². The Balaban J connectivity index is 0.000000259. The van der Waals surface area contributed by atoms with Gasteiger partial charge in [0.2, 0.25) is 0 Å². The second kappa shape index (κ2) is 25.2. The first-order valence-corrected chi connectivity index (χ1v) is 17.5. The van der Waals surface area contributed by atoms with Crippen molar-refractivity contribution in [2.45, 2.75) is 13.8 Å². The molecule has 0 saturated carbocycles. The third-order valence-corrected chi connectivity index (χ3v) is 7.46. The van der Waals surface area contributed by atoms with Gasteiger partial charge in [0.25, 0.3) is 0 Å². The molecule has 59 heavy (non-hydrogen) atoms. The summed E-state index contributed by atoms with van der Waals surface area (Å²) in [7, 11) is 0. The number of pyridine rings is 4. The fourth-order valence-corrected chi connectivity index (χ4v) is 5.07. The van der Waals surface area contributed by atoms with Gasteiger partial charge >= 0.3 is 40.9 Å². The van der Waals surface area contributed by atoms with Crippen LogP contribution in [-0.4, -0.2) is 87.7 Å². The first-order valence-electron chi connectivity index (χ1n) is 17.5. The number of aliphatic hydroxyl groups excluding tert-OH is 2. The van der Waals surface area contributed by atoms with E-state index >= 15 is 0 Å². The average molecular weight is 848 g/mol. The number of carboxylic acids is 4. The van der Waals surface area contributed by atoms with E-state index in [1.807, 2.05) is 24.3 Å². The van der Waals surface area contributed by atoms with Gasteiger partial charge in [0.1, 0.15) is 0 Å². The van der Waals surface area contributed by atoms with Crippen LogP contribution in [0.2, 0.25) is 0 Å². The van der Waals surface area contributed by atoms with Gasteiger partial charge in [-0.05, 0) is 62.4 Å². The average Bonchev–Trinajstić information content (AvgIpc) is 3.25. The van der Waals surface area contributed by atoms with E-state index in [-0.39, 0.29) is 52.5 Å². The number of aromatic carboxylic acids is 4. The normalized spacial score (nSPS) is 9.56. The Morgan fingerprint density at radius 2 is 0.559 bits per heavy atom. The first kappa shape index (κ1) is 48.0. The van der Waals surface area contributed by atoms with Crippen LogP contribution >= 0.6 is 0 Å². The number of aromatic nitrogens is 4. The standard InChI is InChI=1S/2C12H8N2.2C8H6O4.2C2H6O.Cu/c2*1-3-9-5-6-10-4-2-8-14-12(10)11(9)13-7-1;2*9-7(10)5-3-1-2-4-6(5)8(11)12;2*1-2-3;/h2*1-8H;2*1-4H,(H,9,10)(H,11,12);2*3H,2H2,1H3;/q;;;;;;+2. The van der Waals surface area contributed by atoms with E-state index in [0.717, 1.165) is 43.6 Å². The number of fused-ring (bicyclic) bond motifs is 6. The molecule has 0 amide bonds. The predicted molar refractivity (Wildman–Crippen MR) is 220 cm³/mol. The van der Waals surface area contributed by atoms with Crippen LogP contribution in [0, 0.1) is 0 Å². The van der Waals surface area contributed by atoms with Crippen LogP contribution < -0.4 is 0 Å². The minimum atomic E-state index is -1.23. The summed E-state index contributed by atoms with van der Waals surface area (Å²) in [6, 6.07) is 35.2. The molecule has 0 aliphatic heterocycles. The van der Waals surface area contributed by atoms with Gasteiger partial charge < -0.3 is 30.6 Å². The topological polar surface area (TPSA) is 241 Å². The summed E-state index contributed by atoms with van der Waals surface area (Å²) in [5.41, 5.74) is 3.15. The molecule has 305 valence electrons. The molecule has 0 spiro atoms. The quantitative estimate of drug-likeness (QED) is 0.0734. The SMILES string of the molecule is CCO.CCO.O=C(O)c1ccccc1C(=O)O.O=C(O)c1ccccc1C(=O)O.[Cu+2].c1cnc2c(c1)ccc1cccnc12.c1cnc2c(c1)ccc1cccnc12. The number of hydrogen-bond donors (Lipinski definition) is 6. The van der Waals surface area contributed by atoms with Gasteiger partial charge in [-0.2, -0.15) is 0 Å². The van der Waals surface area contributed by atoms with E-state index in [2.05, 4.69) is 68.5 Å². The van der Waals surface area contributed by atoms with Crippen LogP contribution in [0.4, 0.5) is 0 Å². The summed E-state index contributed by atoms with van der Waals surface area (Å²) in [5, 5.41) is 53.9. The van der Waals surface area contributed by atoms with E-state index in [1.54, 1.807) is 38.6 Å². The van der Waals surface area contributed by atoms with Gasteiger partial charge in [-0.1, -0.05) is 72.8 Å². The van der Waals surface area contributed by atoms with Crippen LogP contribution in [0.1, 0.15) is 55.3 Å². The molecule has 8 aromatic rings. The van der Waals surface area contributed by atoms with Crippen LogP contribution in [0.15, 0.2) is 146 Å². The molecular formula is C44H40CuN4O10+2. The van der Waals surface area contributed by atoms with Gasteiger partial charge in [-0.15, -0.1) is 0 Å². The second-order valence-corrected chi connectivity index (χ2v) is 11.4. The fourth-order valence-electron chi connectivity index (χ4n) is 5.07. The minimum absolute atomic E-state index is 0. The molecule has 0 fully saturated rings. The molecule has 8 rings (SSSR count). The monoisotopic (exact) mass is 847 g/mol. The Kier molecular flexibility index (Phi) is 20.5. The van der Waals surface area contributed by atoms with Crippen LogP contribution in [0.5, 0.6) is 0 Å². The molecule has 0 saturated heterocycles. The zero-order chi connectivity index (χ0) is 42.5. The number of benzene rings is 4. The maximum atomic E-state index is 10.5. The second-order valence-electron chi connectivity index (χ2n) is 11.4. The van der Waals surface area contributed by atoms with Crippen LogP contribution in [-0.2, 0) is 17.1 Å². The maximum Gasteiger partial charge on any atom is 2.00 e. The number of carbonyl (C=O) groups is 4. The van der Waals surface area contributed by atoms with E-state index in [0.29, 0.717) is 0 Å². The molecule has 0 aliphatic carbocycles. The number of carboxylic acid groups (broad SMARTS) is 4. The van der Waals surface area contributed by atoms with Crippen molar-refractivity contribution >= 4 is 67.5 Å². The molecule has 0 aliphatic rings. The van der Waals surface area contributed by atoms with Gasteiger partial charge in [-0.25, -0.2) is 19.2 Å². The van der Waals surface area contributed by atoms with Gasteiger partial charge in [0, 0.05) is 59.5 Å². The third-order valence-electron chi connectivity index (χ3n) is 7.46. The Morgan fingerprint density at radius 1 is 0.373 bits per heavy atom. The van der Waals surface area contributed by atoms with Crippen molar-refractivity contribution in [2.75, 3.05) is 13.2 Å². The molecule has 1 radical (unpaired) electrons. The van der Waals surface area contributed by atoms with Crippen molar-refractivity contribution in [1.29, 1.82) is 0 Å². The van der Waals surface area contributed by atoms with Crippen molar-refractivity contribution in [2.24, 2.45) is 0 Å². The molecular weight excluding hydrogens is 808 g/mol. The Bertz CT molecular complexity index is 2270. The Labute approximate surface area is 348 Å². The van der Waals surface area contributed by atoms with Crippen molar-refractivity contribution in [3.05, 3.63) is 168 Å². The van der Waals surface area contributed by atoms with E-state index in [1.165, 1.54) is 48.5 Å². The smallest absolute Gasteiger partial charge is 0.478 e. The minimum Gasteiger partial charge on any atom is -0.478 e. The van der Waals surface area contributed by atoms with E-state index < -0.39 is 23.9 Å². The van der Waals surface area contributed by atoms with Crippen molar-refractivity contribution in [3.63, 3.8) is 0 Å². The molecule has 4 aromatic heterocycles. The van der Waals surface area contributed by atoms with Crippen molar-refractivity contribution < 1.29 is 66.9 Å². The predicted octanol–water partition coefficient (Wildman–Crippen LogP) is 7.73. The summed E-state index contributed by atoms with van der Waals surface area (Å²) >= 11 is 0. The fraction of sp³-hybridized carbons (Fsp3) is 0.0909.